The van der Waals surface area contributed by atoms with Gasteiger partial charge in [-0.1, -0.05) is 0 Å². The van der Waals surface area contributed by atoms with Gasteiger partial charge in [-0.25, -0.2) is 5.43 Å². The number of aromatic hydroxyl groups is 1. The van der Waals surface area contributed by atoms with Gasteiger partial charge in [-0.3, -0.25) is 14.9 Å². The number of carbonyl (C=O) groups excluding carboxylic acids is 1. The van der Waals surface area contributed by atoms with Crippen LogP contribution in [0.3, 0.4) is 0 Å². The van der Waals surface area contributed by atoms with E-state index in [1.165, 1.54) is 43.7 Å². The number of carbonyl (C=O) groups is 1. The maximum atomic E-state index is 12.8. The molecule has 0 atom stereocenters. The third kappa shape index (κ3) is 2.88. The number of non-ortho nitro benzene ring substituents is 1. The molecule has 1 aromatic carbocycles. The SMILES string of the molecule is O=C(N/N=C\c1cc([N+](=O)[O-])ccc1O)C12CC3CC(CC(C3)C1)C2. The zero-order chi connectivity index (χ0) is 17.6. The zero-order valence-electron chi connectivity index (χ0n) is 13.9. The van der Waals surface area contributed by atoms with Gasteiger partial charge < -0.3 is 5.11 Å². The number of nitro groups is 1. The van der Waals surface area contributed by atoms with Crippen molar-refractivity contribution in [2.75, 3.05) is 0 Å². The summed E-state index contributed by atoms with van der Waals surface area (Å²) in [4.78, 5) is 23.0. The van der Waals surface area contributed by atoms with E-state index in [1.54, 1.807) is 0 Å². The van der Waals surface area contributed by atoms with Gasteiger partial charge in [0.15, 0.2) is 0 Å². The van der Waals surface area contributed by atoms with Gasteiger partial charge in [0.05, 0.1) is 16.6 Å². The minimum Gasteiger partial charge on any atom is -0.507 e. The number of rotatable bonds is 4. The van der Waals surface area contributed by atoms with Crippen molar-refractivity contribution < 1.29 is 14.8 Å². The molecule has 0 aromatic heterocycles. The van der Waals surface area contributed by atoms with Crippen molar-refractivity contribution in [1.29, 1.82) is 0 Å². The van der Waals surface area contributed by atoms with Gasteiger partial charge in [0.25, 0.3) is 5.69 Å². The molecule has 4 aliphatic carbocycles. The minimum absolute atomic E-state index is 0.0484. The Balaban J connectivity index is 1.46. The van der Waals surface area contributed by atoms with Crippen LogP contribution in [0.5, 0.6) is 5.75 Å². The van der Waals surface area contributed by atoms with E-state index in [2.05, 4.69) is 10.5 Å². The molecular weight excluding hydrogens is 322 g/mol. The highest BCUT2D eigenvalue weighted by Crippen LogP contribution is 2.60. The number of phenolic OH excluding ortho intramolecular Hbond substituents is 1. The molecule has 5 rings (SSSR count). The molecule has 0 heterocycles. The molecule has 0 saturated heterocycles. The Hall–Kier alpha value is -2.44. The summed E-state index contributed by atoms with van der Waals surface area (Å²) in [5.74, 6) is 1.84. The third-order valence-electron chi connectivity index (χ3n) is 6.11. The van der Waals surface area contributed by atoms with Crippen LogP contribution in [0.1, 0.15) is 44.1 Å². The fraction of sp³-hybridized carbons (Fsp3) is 0.556. The zero-order valence-corrected chi connectivity index (χ0v) is 13.9. The standard InChI is InChI=1S/C18H21N3O4/c22-16-2-1-15(21(24)25)6-14(16)10-19-20-17(23)18-7-11-3-12(8-18)5-13(4-11)9-18/h1-2,6,10-13,22H,3-5,7-9H2,(H,20,23)/b19-10-. The van der Waals surface area contributed by atoms with Crippen molar-refractivity contribution in [1.82, 2.24) is 5.43 Å². The monoisotopic (exact) mass is 343 g/mol. The topological polar surface area (TPSA) is 105 Å². The van der Waals surface area contributed by atoms with Crippen molar-refractivity contribution in [3.8, 4) is 5.75 Å². The van der Waals surface area contributed by atoms with E-state index >= 15 is 0 Å². The number of hydrogen-bond acceptors (Lipinski definition) is 5. The summed E-state index contributed by atoms with van der Waals surface area (Å²) in [6, 6.07) is 3.71. The lowest BCUT2D eigenvalue weighted by molar-refractivity contribution is -0.384. The lowest BCUT2D eigenvalue weighted by Crippen LogP contribution is -2.52. The molecule has 7 nitrogen and oxygen atoms in total. The summed E-state index contributed by atoms with van der Waals surface area (Å²) in [5.41, 5.74) is 2.39. The number of amides is 1. The molecule has 0 radical (unpaired) electrons. The predicted octanol–water partition coefficient (Wildman–Crippen LogP) is 2.97. The minimum atomic E-state index is -0.537. The predicted molar refractivity (Wildman–Crippen MR) is 91.1 cm³/mol. The summed E-state index contributed by atoms with van der Waals surface area (Å²) < 4.78 is 0. The highest BCUT2D eigenvalue weighted by atomic mass is 16.6. The van der Waals surface area contributed by atoms with Gasteiger partial charge in [0, 0.05) is 17.7 Å². The fourth-order valence-electron chi connectivity index (χ4n) is 5.43. The Kier molecular flexibility index (Phi) is 3.74. The Morgan fingerprint density at radius 2 is 1.84 bits per heavy atom. The number of phenols is 1. The first-order valence-electron chi connectivity index (χ1n) is 8.76. The van der Waals surface area contributed by atoms with Crippen molar-refractivity contribution in [3.05, 3.63) is 33.9 Å². The summed E-state index contributed by atoms with van der Waals surface area (Å²) in [6.07, 6.45) is 7.89. The lowest BCUT2D eigenvalue weighted by Gasteiger charge is -2.55. The Labute approximate surface area is 145 Å². The second kappa shape index (κ2) is 5.82. The van der Waals surface area contributed by atoms with Crippen LogP contribution in [-0.4, -0.2) is 22.2 Å². The van der Waals surface area contributed by atoms with E-state index in [1.807, 2.05) is 0 Å². The Morgan fingerprint density at radius 1 is 1.24 bits per heavy atom. The number of nitrogens with one attached hydrogen (secondary N) is 1. The second-order valence-corrected chi connectivity index (χ2v) is 7.90. The number of hydrogen-bond donors (Lipinski definition) is 2. The van der Waals surface area contributed by atoms with Crippen LogP contribution in [0.2, 0.25) is 0 Å². The van der Waals surface area contributed by atoms with Gasteiger partial charge in [0.2, 0.25) is 5.91 Å². The number of hydrazone groups is 1. The Morgan fingerprint density at radius 3 is 2.40 bits per heavy atom. The average Bonchev–Trinajstić information content (AvgIpc) is 2.55. The van der Waals surface area contributed by atoms with E-state index in [0.29, 0.717) is 17.8 Å². The first-order chi connectivity index (χ1) is 11.9. The van der Waals surface area contributed by atoms with Gasteiger partial charge >= 0.3 is 0 Å². The van der Waals surface area contributed by atoms with E-state index in [4.69, 9.17) is 0 Å². The molecule has 0 aliphatic heterocycles. The van der Waals surface area contributed by atoms with Gasteiger partial charge in [-0.2, -0.15) is 5.10 Å². The molecule has 4 bridgehead atoms. The molecule has 1 aromatic rings. The summed E-state index contributed by atoms with van der Waals surface area (Å²) in [5, 5.41) is 24.6. The van der Waals surface area contributed by atoms with Crippen LogP contribution < -0.4 is 5.43 Å². The Bertz CT molecular complexity index is 723. The van der Waals surface area contributed by atoms with Gasteiger partial charge in [-0.05, 0) is 62.3 Å². The number of nitro benzene ring substituents is 1. The van der Waals surface area contributed by atoms with Gasteiger partial charge in [0.1, 0.15) is 5.75 Å². The maximum absolute atomic E-state index is 12.8. The highest BCUT2D eigenvalue weighted by Gasteiger charge is 2.54. The molecule has 25 heavy (non-hydrogen) atoms. The lowest BCUT2D eigenvalue weighted by atomic mass is 9.49. The fourth-order valence-corrected chi connectivity index (χ4v) is 5.43. The maximum Gasteiger partial charge on any atom is 0.270 e. The van der Waals surface area contributed by atoms with Crippen LogP contribution in [0.15, 0.2) is 23.3 Å². The molecule has 132 valence electrons. The first-order valence-corrected chi connectivity index (χ1v) is 8.76. The summed E-state index contributed by atoms with van der Waals surface area (Å²) in [6.45, 7) is 0. The molecule has 4 aliphatic rings. The van der Waals surface area contributed by atoms with Crippen LogP contribution >= 0.6 is 0 Å². The number of benzene rings is 1. The quantitative estimate of drug-likeness (QED) is 0.498. The second-order valence-electron chi connectivity index (χ2n) is 7.90. The molecule has 2 N–H and O–H groups in total. The number of nitrogens with zero attached hydrogens (tertiary/aromatic N) is 2. The normalized spacial score (nSPS) is 32.9. The molecule has 1 amide bonds. The molecule has 4 saturated carbocycles. The summed E-state index contributed by atoms with van der Waals surface area (Å²) >= 11 is 0. The van der Waals surface area contributed by atoms with E-state index < -0.39 is 4.92 Å². The highest BCUT2D eigenvalue weighted by molar-refractivity contribution is 5.87. The summed E-state index contributed by atoms with van der Waals surface area (Å²) in [7, 11) is 0. The van der Waals surface area contributed by atoms with Gasteiger partial charge in [-0.15, -0.1) is 0 Å². The van der Waals surface area contributed by atoms with Crippen molar-refractivity contribution >= 4 is 17.8 Å². The molecule has 0 unspecified atom stereocenters. The van der Waals surface area contributed by atoms with Crippen molar-refractivity contribution in [3.63, 3.8) is 0 Å². The van der Waals surface area contributed by atoms with Crippen molar-refractivity contribution in [2.24, 2.45) is 28.3 Å². The average molecular weight is 343 g/mol. The molecular formula is C18H21N3O4. The van der Waals surface area contributed by atoms with Crippen LogP contribution in [-0.2, 0) is 4.79 Å². The van der Waals surface area contributed by atoms with Crippen molar-refractivity contribution in [2.45, 2.75) is 38.5 Å². The molecule has 0 spiro atoms. The van der Waals surface area contributed by atoms with Crippen LogP contribution in [0.4, 0.5) is 5.69 Å². The first kappa shape index (κ1) is 16.1. The van der Waals surface area contributed by atoms with Crippen LogP contribution in [0.25, 0.3) is 0 Å². The molecule has 4 fully saturated rings. The van der Waals surface area contributed by atoms with E-state index in [-0.39, 0.29) is 28.3 Å². The van der Waals surface area contributed by atoms with E-state index in [9.17, 15) is 20.0 Å². The molecule has 7 heteroatoms. The van der Waals surface area contributed by atoms with E-state index in [0.717, 1.165) is 19.3 Å². The smallest absolute Gasteiger partial charge is 0.270 e. The third-order valence-corrected chi connectivity index (χ3v) is 6.11. The van der Waals surface area contributed by atoms with Crippen LogP contribution in [0, 0.1) is 33.3 Å². The largest absolute Gasteiger partial charge is 0.507 e.